The molecule has 1 heterocycles. The number of nitro groups is 1. The minimum absolute atomic E-state index is 0.0465. The largest absolute Gasteiger partial charge is 0.486 e. The summed E-state index contributed by atoms with van der Waals surface area (Å²) in [6.07, 6.45) is 1.42. The van der Waals surface area contributed by atoms with Crippen LogP contribution in [0.5, 0.6) is 11.5 Å². The van der Waals surface area contributed by atoms with E-state index in [0.717, 1.165) is 29.0 Å². The van der Waals surface area contributed by atoms with Crippen molar-refractivity contribution in [2.75, 3.05) is 13.2 Å². The molecule has 0 bridgehead atoms. The van der Waals surface area contributed by atoms with Crippen LogP contribution in [0.3, 0.4) is 0 Å². The van der Waals surface area contributed by atoms with Crippen molar-refractivity contribution >= 4 is 11.6 Å². The summed E-state index contributed by atoms with van der Waals surface area (Å²) in [6.45, 7) is 1.09. The van der Waals surface area contributed by atoms with Crippen LogP contribution >= 0.6 is 0 Å². The van der Waals surface area contributed by atoms with Crippen molar-refractivity contribution in [3.8, 4) is 11.5 Å². The molecule has 4 rings (SSSR count). The van der Waals surface area contributed by atoms with Gasteiger partial charge >= 0.3 is 0 Å². The number of benzene rings is 3. The fraction of sp³-hybridized carbons (Fsp3) is 0.208. The number of non-ortho nitro benzene ring substituents is 1. The van der Waals surface area contributed by atoms with Gasteiger partial charge in [0.1, 0.15) is 13.2 Å². The molecule has 1 aliphatic heterocycles. The van der Waals surface area contributed by atoms with Gasteiger partial charge < -0.3 is 14.8 Å². The van der Waals surface area contributed by atoms with Crippen LogP contribution in [0.4, 0.5) is 5.69 Å². The molecule has 1 N–H and O–H groups in total. The Hall–Kier alpha value is -3.87. The van der Waals surface area contributed by atoms with Crippen molar-refractivity contribution in [1.82, 2.24) is 5.32 Å². The number of fused-ring (bicyclic) bond motifs is 1. The van der Waals surface area contributed by atoms with Gasteiger partial charge in [0.15, 0.2) is 11.5 Å². The second kappa shape index (κ2) is 9.30. The molecule has 0 aliphatic carbocycles. The Bertz CT molecular complexity index is 1070. The van der Waals surface area contributed by atoms with E-state index in [0.29, 0.717) is 25.2 Å². The number of aryl methyl sites for hydroxylation is 1. The van der Waals surface area contributed by atoms with E-state index in [-0.39, 0.29) is 17.6 Å². The van der Waals surface area contributed by atoms with Gasteiger partial charge in [-0.1, -0.05) is 36.4 Å². The minimum atomic E-state index is -0.484. The Morgan fingerprint density at radius 2 is 1.68 bits per heavy atom. The molecule has 7 heteroatoms. The molecule has 0 fully saturated rings. The van der Waals surface area contributed by atoms with Crippen LogP contribution in [0.2, 0.25) is 0 Å². The van der Waals surface area contributed by atoms with Gasteiger partial charge in [-0.2, -0.15) is 0 Å². The number of hydrogen-bond acceptors (Lipinski definition) is 5. The summed E-state index contributed by atoms with van der Waals surface area (Å²) < 4.78 is 11.2. The molecule has 0 spiro atoms. The Labute approximate surface area is 179 Å². The van der Waals surface area contributed by atoms with Crippen LogP contribution in [-0.2, 0) is 6.42 Å². The van der Waals surface area contributed by atoms with Crippen LogP contribution in [-0.4, -0.2) is 24.0 Å². The number of carbonyl (C=O) groups is 1. The number of hydrogen-bond donors (Lipinski definition) is 1. The Kier molecular flexibility index (Phi) is 6.12. The first kappa shape index (κ1) is 20.4. The lowest BCUT2D eigenvalue weighted by Gasteiger charge is -2.21. The summed E-state index contributed by atoms with van der Waals surface area (Å²) in [7, 11) is 0. The number of nitro benzene ring substituents is 1. The Balaban J connectivity index is 1.48. The number of rotatable bonds is 7. The maximum absolute atomic E-state index is 12.8. The fourth-order valence-corrected chi connectivity index (χ4v) is 3.54. The van der Waals surface area contributed by atoms with Crippen molar-refractivity contribution in [3.05, 3.63) is 99.6 Å². The van der Waals surface area contributed by atoms with Gasteiger partial charge in [0.2, 0.25) is 0 Å². The first-order chi connectivity index (χ1) is 15.1. The smallest absolute Gasteiger partial charge is 0.269 e. The molecule has 3 aromatic rings. The van der Waals surface area contributed by atoms with Crippen molar-refractivity contribution in [1.29, 1.82) is 0 Å². The molecular formula is C24H22N2O5. The van der Waals surface area contributed by atoms with Crippen LogP contribution in [0.1, 0.15) is 33.9 Å². The highest BCUT2D eigenvalue weighted by molar-refractivity contribution is 5.94. The van der Waals surface area contributed by atoms with Crippen LogP contribution in [0.25, 0.3) is 0 Å². The number of carbonyl (C=O) groups excluding carboxylic acids is 1. The van der Waals surface area contributed by atoms with E-state index in [1.54, 1.807) is 0 Å². The minimum Gasteiger partial charge on any atom is -0.486 e. The lowest BCUT2D eigenvalue weighted by molar-refractivity contribution is -0.384. The molecule has 1 aliphatic rings. The van der Waals surface area contributed by atoms with Gasteiger partial charge in [-0.3, -0.25) is 14.9 Å². The van der Waals surface area contributed by atoms with E-state index in [9.17, 15) is 14.9 Å². The standard InChI is InChI=1S/C24H22N2O5/c27-24(19-8-10-20(11-9-19)26(28)29)25-21(18-4-2-1-3-5-18)12-6-17-7-13-22-23(16-17)31-15-14-30-22/h1-5,7-11,13,16,21H,6,12,14-15H2,(H,25,27). The average Bonchev–Trinajstić information content (AvgIpc) is 2.82. The monoisotopic (exact) mass is 418 g/mol. The Morgan fingerprint density at radius 3 is 2.39 bits per heavy atom. The summed E-state index contributed by atoms with van der Waals surface area (Å²) in [6, 6.07) is 21.1. The van der Waals surface area contributed by atoms with E-state index in [4.69, 9.17) is 9.47 Å². The first-order valence-electron chi connectivity index (χ1n) is 10.1. The van der Waals surface area contributed by atoms with Crippen LogP contribution in [0.15, 0.2) is 72.8 Å². The van der Waals surface area contributed by atoms with Gasteiger partial charge in [-0.25, -0.2) is 0 Å². The molecule has 7 nitrogen and oxygen atoms in total. The zero-order chi connectivity index (χ0) is 21.6. The zero-order valence-corrected chi connectivity index (χ0v) is 16.8. The highest BCUT2D eigenvalue weighted by Gasteiger charge is 2.18. The third-order valence-corrected chi connectivity index (χ3v) is 5.18. The Morgan fingerprint density at radius 1 is 0.968 bits per heavy atom. The summed E-state index contributed by atoms with van der Waals surface area (Å²) in [5.41, 5.74) is 2.42. The van der Waals surface area contributed by atoms with E-state index < -0.39 is 4.92 Å². The molecular weight excluding hydrogens is 396 g/mol. The summed E-state index contributed by atoms with van der Waals surface area (Å²) in [5.74, 6) is 1.22. The highest BCUT2D eigenvalue weighted by Crippen LogP contribution is 2.32. The molecule has 0 saturated carbocycles. The van der Waals surface area contributed by atoms with Gasteiger partial charge in [-0.15, -0.1) is 0 Å². The van der Waals surface area contributed by atoms with Crippen molar-refractivity contribution in [3.63, 3.8) is 0 Å². The topological polar surface area (TPSA) is 90.7 Å². The second-order valence-electron chi connectivity index (χ2n) is 7.26. The maximum Gasteiger partial charge on any atom is 0.269 e. The summed E-state index contributed by atoms with van der Waals surface area (Å²) >= 11 is 0. The molecule has 0 aromatic heterocycles. The van der Waals surface area contributed by atoms with Crippen molar-refractivity contribution in [2.24, 2.45) is 0 Å². The predicted octanol–water partition coefficient (Wildman–Crippen LogP) is 4.47. The molecule has 1 unspecified atom stereocenters. The zero-order valence-electron chi connectivity index (χ0n) is 16.8. The first-order valence-corrected chi connectivity index (χ1v) is 10.1. The van der Waals surface area contributed by atoms with E-state index in [1.807, 2.05) is 48.5 Å². The molecule has 1 atom stereocenters. The molecule has 0 radical (unpaired) electrons. The molecule has 0 saturated heterocycles. The van der Waals surface area contributed by atoms with Gasteiger partial charge in [-0.05, 0) is 48.2 Å². The second-order valence-corrected chi connectivity index (χ2v) is 7.26. The fourth-order valence-electron chi connectivity index (χ4n) is 3.54. The predicted molar refractivity (Wildman–Crippen MR) is 115 cm³/mol. The summed E-state index contributed by atoms with van der Waals surface area (Å²) in [4.78, 5) is 23.2. The van der Waals surface area contributed by atoms with Gasteiger partial charge in [0.25, 0.3) is 11.6 Å². The lowest BCUT2D eigenvalue weighted by Crippen LogP contribution is -2.29. The van der Waals surface area contributed by atoms with E-state index in [1.165, 1.54) is 24.3 Å². The number of amides is 1. The number of ether oxygens (including phenoxy) is 2. The SMILES string of the molecule is O=C(NC(CCc1ccc2c(c1)OCCO2)c1ccccc1)c1ccc([N+](=O)[O-])cc1. The van der Waals surface area contributed by atoms with Crippen LogP contribution in [0, 0.1) is 10.1 Å². The summed E-state index contributed by atoms with van der Waals surface area (Å²) in [5, 5.41) is 13.9. The van der Waals surface area contributed by atoms with Gasteiger partial charge in [0.05, 0.1) is 11.0 Å². The molecule has 3 aromatic carbocycles. The quantitative estimate of drug-likeness (QED) is 0.452. The molecule has 1 amide bonds. The number of nitrogens with one attached hydrogen (secondary N) is 1. The van der Waals surface area contributed by atoms with Gasteiger partial charge in [0, 0.05) is 17.7 Å². The third kappa shape index (κ3) is 5.01. The third-order valence-electron chi connectivity index (χ3n) is 5.18. The number of nitrogens with zero attached hydrogens (tertiary/aromatic N) is 1. The average molecular weight is 418 g/mol. The normalized spacial score (nSPS) is 13.3. The maximum atomic E-state index is 12.8. The highest BCUT2D eigenvalue weighted by atomic mass is 16.6. The van der Waals surface area contributed by atoms with Crippen molar-refractivity contribution in [2.45, 2.75) is 18.9 Å². The van der Waals surface area contributed by atoms with Crippen LogP contribution < -0.4 is 14.8 Å². The van der Waals surface area contributed by atoms with E-state index >= 15 is 0 Å². The lowest BCUT2D eigenvalue weighted by atomic mass is 9.98. The van der Waals surface area contributed by atoms with E-state index in [2.05, 4.69) is 5.32 Å². The molecule has 31 heavy (non-hydrogen) atoms. The molecule has 158 valence electrons. The van der Waals surface area contributed by atoms with Crippen molar-refractivity contribution < 1.29 is 19.2 Å².